The lowest BCUT2D eigenvalue weighted by atomic mass is 9.58. The normalized spacial score (nSPS) is 33.3. The number of rotatable bonds is 3. The van der Waals surface area contributed by atoms with Crippen molar-refractivity contribution >= 4 is 11.6 Å². The first-order chi connectivity index (χ1) is 10.9. The maximum absolute atomic E-state index is 11.7. The number of nitrogens with zero attached hydrogens (tertiary/aromatic N) is 1. The Morgan fingerprint density at radius 2 is 2.13 bits per heavy atom. The predicted molar refractivity (Wildman–Crippen MR) is 92.3 cm³/mol. The van der Waals surface area contributed by atoms with Crippen molar-refractivity contribution in [3.63, 3.8) is 0 Å². The Labute approximate surface area is 138 Å². The number of carbonyl (C=O) groups is 1. The molecule has 1 saturated heterocycles. The first kappa shape index (κ1) is 15.0. The van der Waals surface area contributed by atoms with Gasteiger partial charge in [0.2, 0.25) is 0 Å². The minimum absolute atomic E-state index is 0.0494. The third-order valence-corrected chi connectivity index (χ3v) is 6.76. The second-order valence-corrected chi connectivity index (χ2v) is 8.09. The number of piperidine rings is 1. The van der Waals surface area contributed by atoms with Crippen LogP contribution >= 0.6 is 0 Å². The highest BCUT2D eigenvalue weighted by molar-refractivity contribution is 5.99. The third-order valence-electron chi connectivity index (χ3n) is 6.76. The average Bonchev–Trinajstić information content (AvgIpc) is 3.29. The van der Waals surface area contributed by atoms with Crippen LogP contribution in [0.1, 0.15) is 54.6 Å². The predicted octanol–water partition coefficient (Wildman–Crippen LogP) is 2.30. The molecule has 0 spiro atoms. The summed E-state index contributed by atoms with van der Waals surface area (Å²) in [5.74, 6) is 1.05. The van der Waals surface area contributed by atoms with Gasteiger partial charge in [0.05, 0.1) is 5.56 Å². The fourth-order valence-electron chi connectivity index (χ4n) is 4.98. The molecular weight excluding hydrogens is 286 g/mol. The number of nitrogen functional groups attached to an aromatic ring is 1. The van der Waals surface area contributed by atoms with Gasteiger partial charge in [-0.3, -0.25) is 9.69 Å². The zero-order chi connectivity index (χ0) is 16.4. The number of hydrogen-bond donors (Lipinski definition) is 2. The van der Waals surface area contributed by atoms with E-state index in [-0.39, 0.29) is 5.41 Å². The second kappa shape index (κ2) is 4.97. The van der Waals surface area contributed by atoms with E-state index in [0.717, 1.165) is 25.3 Å². The van der Waals surface area contributed by atoms with Gasteiger partial charge in [-0.25, -0.2) is 0 Å². The monoisotopic (exact) mass is 313 g/mol. The van der Waals surface area contributed by atoms with Crippen LogP contribution in [0.5, 0.6) is 0 Å². The molecule has 1 aromatic carbocycles. The summed E-state index contributed by atoms with van der Waals surface area (Å²) < 4.78 is 0. The minimum atomic E-state index is -0.421. The number of amides is 1. The topological polar surface area (TPSA) is 72.3 Å². The average molecular weight is 313 g/mol. The lowest BCUT2D eigenvalue weighted by Gasteiger charge is -2.55. The van der Waals surface area contributed by atoms with Crippen molar-refractivity contribution in [3.8, 4) is 0 Å². The molecule has 124 valence electrons. The van der Waals surface area contributed by atoms with Gasteiger partial charge in [0, 0.05) is 23.7 Å². The first-order valence-electron chi connectivity index (χ1n) is 8.87. The number of primary amides is 1. The highest BCUT2D eigenvalue weighted by Gasteiger charge is 2.50. The Morgan fingerprint density at radius 3 is 2.78 bits per heavy atom. The molecule has 2 aliphatic carbocycles. The summed E-state index contributed by atoms with van der Waals surface area (Å²) >= 11 is 0. The number of benzene rings is 1. The van der Waals surface area contributed by atoms with Crippen LogP contribution in [-0.4, -0.2) is 29.9 Å². The zero-order valence-corrected chi connectivity index (χ0v) is 14.1. The van der Waals surface area contributed by atoms with Crippen molar-refractivity contribution in [1.82, 2.24) is 4.90 Å². The third kappa shape index (κ3) is 2.18. The molecule has 2 bridgehead atoms. The molecule has 1 heterocycles. The van der Waals surface area contributed by atoms with Gasteiger partial charge in [-0.2, -0.15) is 0 Å². The van der Waals surface area contributed by atoms with Gasteiger partial charge in [-0.05, 0) is 61.3 Å². The SMILES string of the molecule is C[C@H]1C2Cc3ccc(C(N)=O)c(N)c3[C@@]1(C)CCN2CC1CC1. The molecule has 23 heavy (non-hydrogen) atoms. The summed E-state index contributed by atoms with van der Waals surface area (Å²) in [5.41, 5.74) is 15.6. The Balaban J connectivity index is 1.77. The van der Waals surface area contributed by atoms with Crippen LogP contribution in [0, 0.1) is 11.8 Å². The molecule has 1 aliphatic heterocycles. The summed E-state index contributed by atoms with van der Waals surface area (Å²) in [7, 11) is 0. The summed E-state index contributed by atoms with van der Waals surface area (Å²) in [6.45, 7) is 7.10. The number of fused-ring (bicyclic) bond motifs is 4. The number of hydrogen-bond acceptors (Lipinski definition) is 3. The van der Waals surface area contributed by atoms with E-state index in [1.165, 1.54) is 30.5 Å². The summed E-state index contributed by atoms with van der Waals surface area (Å²) in [4.78, 5) is 14.4. The van der Waals surface area contributed by atoms with Crippen LogP contribution in [0.4, 0.5) is 5.69 Å². The van der Waals surface area contributed by atoms with Crippen molar-refractivity contribution in [2.75, 3.05) is 18.8 Å². The molecule has 0 radical (unpaired) electrons. The van der Waals surface area contributed by atoms with E-state index in [9.17, 15) is 4.79 Å². The Hall–Kier alpha value is -1.55. The minimum Gasteiger partial charge on any atom is -0.398 e. The lowest BCUT2D eigenvalue weighted by molar-refractivity contribution is 0.0288. The van der Waals surface area contributed by atoms with E-state index in [1.807, 2.05) is 6.07 Å². The smallest absolute Gasteiger partial charge is 0.250 e. The van der Waals surface area contributed by atoms with Gasteiger partial charge in [0.25, 0.3) is 5.91 Å². The van der Waals surface area contributed by atoms with Gasteiger partial charge < -0.3 is 11.5 Å². The van der Waals surface area contributed by atoms with Gasteiger partial charge in [0.15, 0.2) is 0 Å². The summed E-state index contributed by atoms with van der Waals surface area (Å²) in [5, 5.41) is 0. The van der Waals surface area contributed by atoms with Crippen LogP contribution in [0.15, 0.2) is 12.1 Å². The van der Waals surface area contributed by atoms with Gasteiger partial charge in [0.1, 0.15) is 0 Å². The van der Waals surface area contributed by atoms with E-state index in [2.05, 4.69) is 24.8 Å². The van der Waals surface area contributed by atoms with Crippen molar-refractivity contribution in [2.24, 2.45) is 17.6 Å². The van der Waals surface area contributed by atoms with Crippen LogP contribution in [0.25, 0.3) is 0 Å². The number of nitrogens with two attached hydrogens (primary N) is 2. The van der Waals surface area contributed by atoms with Gasteiger partial charge in [-0.15, -0.1) is 0 Å². The molecule has 1 aromatic rings. The lowest BCUT2D eigenvalue weighted by Crippen LogP contribution is -2.58. The van der Waals surface area contributed by atoms with E-state index >= 15 is 0 Å². The molecular formula is C19H27N3O. The second-order valence-electron chi connectivity index (χ2n) is 8.09. The first-order valence-corrected chi connectivity index (χ1v) is 8.87. The van der Waals surface area contributed by atoms with Crippen molar-refractivity contribution in [1.29, 1.82) is 0 Å². The summed E-state index contributed by atoms with van der Waals surface area (Å²) in [6, 6.07) is 4.50. The van der Waals surface area contributed by atoms with E-state index in [4.69, 9.17) is 11.5 Å². The Bertz CT molecular complexity index is 667. The van der Waals surface area contributed by atoms with Crippen LogP contribution < -0.4 is 11.5 Å². The van der Waals surface area contributed by atoms with E-state index in [1.54, 1.807) is 0 Å². The van der Waals surface area contributed by atoms with Gasteiger partial charge in [-0.1, -0.05) is 19.9 Å². The Morgan fingerprint density at radius 1 is 1.39 bits per heavy atom. The van der Waals surface area contributed by atoms with Crippen LogP contribution in [0.3, 0.4) is 0 Å². The molecule has 3 aliphatic rings. The van der Waals surface area contributed by atoms with Gasteiger partial charge >= 0.3 is 0 Å². The standard InChI is InChI=1S/C19H27N3O/c1-11-15-9-13-5-6-14(18(21)23)17(20)16(13)19(11,2)7-8-22(15)10-12-3-4-12/h5-6,11-12,15H,3-4,7-10,20H2,1-2H3,(H2,21,23)/t11-,15?,19-/m0/s1. The molecule has 2 fully saturated rings. The van der Waals surface area contributed by atoms with Crippen molar-refractivity contribution in [2.45, 2.75) is 51.0 Å². The molecule has 1 unspecified atom stereocenters. The molecule has 3 atom stereocenters. The zero-order valence-electron chi connectivity index (χ0n) is 14.1. The Kier molecular flexibility index (Phi) is 3.24. The molecule has 1 amide bonds. The maximum atomic E-state index is 11.7. The number of likely N-dealkylation sites (tertiary alicyclic amines) is 1. The fourth-order valence-corrected chi connectivity index (χ4v) is 4.98. The van der Waals surface area contributed by atoms with Crippen molar-refractivity contribution < 1.29 is 4.79 Å². The highest BCUT2D eigenvalue weighted by Crippen LogP contribution is 2.51. The largest absolute Gasteiger partial charge is 0.398 e. The quantitative estimate of drug-likeness (QED) is 0.841. The molecule has 4 nitrogen and oxygen atoms in total. The van der Waals surface area contributed by atoms with E-state index < -0.39 is 5.91 Å². The number of carbonyl (C=O) groups excluding carboxylic acids is 1. The molecule has 4 heteroatoms. The molecule has 1 saturated carbocycles. The molecule has 4 rings (SSSR count). The molecule has 0 aromatic heterocycles. The van der Waals surface area contributed by atoms with E-state index in [0.29, 0.717) is 23.2 Å². The maximum Gasteiger partial charge on any atom is 0.250 e. The van der Waals surface area contributed by atoms with Crippen LogP contribution in [0.2, 0.25) is 0 Å². The highest BCUT2D eigenvalue weighted by atomic mass is 16.1. The number of anilines is 1. The van der Waals surface area contributed by atoms with Crippen molar-refractivity contribution in [3.05, 3.63) is 28.8 Å². The fraction of sp³-hybridized carbons (Fsp3) is 0.632. The molecule has 4 N–H and O–H groups in total. The summed E-state index contributed by atoms with van der Waals surface area (Å²) in [6.07, 6.45) is 4.96. The van der Waals surface area contributed by atoms with Crippen LogP contribution in [-0.2, 0) is 11.8 Å².